The zero-order valence-corrected chi connectivity index (χ0v) is 13.9. The summed E-state index contributed by atoms with van der Waals surface area (Å²) in [5, 5.41) is 3.50. The average molecular weight is 316 g/mol. The fourth-order valence-electron chi connectivity index (χ4n) is 3.75. The van der Waals surface area contributed by atoms with E-state index in [0.29, 0.717) is 6.61 Å². The highest BCUT2D eigenvalue weighted by molar-refractivity contribution is 5.27. The Morgan fingerprint density at radius 3 is 2.61 bits per heavy atom. The lowest BCUT2D eigenvalue weighted by atomic mass is 10.1. The van der Waals surface area contributed by atoms with Gasteiger partial charge in [0.15, 0.2) is 0 Å². The molecule has 2 atom stereocenters. The first-order valence-corrected chi connectivity index (χ1v) is 9.18. The van der Waals surface area contributed by atoms with E-state index < -0.39 is 0 Å². The van der Waals surface area contributed by atoms with E-state index >= 15 is 0 Å². The maximum absolute atomic E-state index is 5.86. The summed E-state index contributed by atoms with van der Waals surface area (Å²) in [6.45, 7) is 4.97. The van der Waals surface area contributed by atoms with Crippen molar-refractivity contribution in [1.29, 1.82) is 0 Å². The van der Waals surface area contributed by atoms with E-state index in [1.54, 1.807) is 0 Å². The molecule has 0 bridgehead atoms. The lowest BCUT2D eigenvalue weighted by Gasteiger charge is -2.28. The van der Waals surface area contributed by atoms with E-state index in [1.165, 1.54) is 37.8 Å². The van der Waals surface area contributed by atoms with Gasteiger partial charge >= 0.3 is 0 Å². The SMILES string of the molecule is c1cc(OCC2CCCO2)ccc1CN(C1CC1)C1CCNC1. The van der Waals surface area contributed by atoms with Crippen LogP contribution < -0.4 is 10.1 Å². The van der Waals surface area contributed by atoms with Gasteiger partial charge in [-0.2, -0.15) is 0 Å². The number of rotatable bonds is 7. The van der Waals surface area contributed by atoms with Crippen molar-refractivity contribution >= 4 is 0 Å². The molecule has 1 aromatic rings. The van der Waals surface area contributed by atoms with Crippen molar-refractivity contribution in [1.82, 2.24) is 10.2 Å². The van der Waals surface area contributed by atoms with Gasteiger partial charge in [-0.15, -0.1) is 0 Å². The predicted molar refractivity (Wildman–Crippen MR) is 90.8 cm³/mol. The molecule has 0 radical (unpaired) electrons. The van der Waals surface area contributed by atoms with Gasteiger partial charge in [0.1, 0.15) is 12.4 Å². The van der Waals surface area contributed by atoms with Crippen molar-refractivity contribution in [2.75, 3.05) is 26.3 Å². The average Bonchev–Trinajstić information content (AvgIpc) is 3.05. The van der Waals surface area contributed by atoms with Crippen LogP contribution in [-0.2, 0) is 11.3 Å². The first-order chi connectivity index (χ1) is 11.4. The number of benzene rings is 1. The highest BCUT2D eigenvalue weighted by atomic mass is 16.5. The molecule has 0 aromatic heterocycles. The van der Waals surface area contributed by atoms with Gasteiger partial charge in [-0.05, 0) is 56.3 Å². The Morgan fingerprint density at radius 2 is 1.96 bits per heavy atom. The molecule has 3 aliphatic rings. The minimum atomic E-state index is 0.287. The minimum absolute atomic E-state index is 0.287. The zero-order valence-electron chi connectivity index (χ0n) is 13.9. The Balaban J connectivity index is 1.31. The first-order valence-electron chi connectivity index (χ1n) is 9.18. The number of nitrogens with zero attached hydrogens (tertiary/aromatic N) is 1. The second-order valence-corrected chi connectivity index (χ2v) is 7.14. The van der Waals surface area contributed by atoms with Gasteiger partial charge in [-0.3, -0.25) is 4.90 Å². The molecule has 4 rings (SSSR count). The summed E-state index contributed by atoms with van der Waals surface area (Å²) in [6, 6.07) is 10.2. The van der Waals surface area contributed by atoms with E-state index in [9.17, 15) is 0 Å². The molecule has 2 aliphatic heterocycles. The summed E-state index contributed by atoms with van der Waals surface area (Å²) in [7, 11) is 0. The number of hydrogen-bond acceptors (Lipinski definition) is 4. The van der Waals surface area contributed by atoms with Gasteiger partial charge in [-0.25, -0.2) is 0 Å². The number of nitrogens with one attached hydrogen (secondary N) is 1. The van der Waals surface area contributed by atoms with Crippen molar-refractivity contribution in [2.45, 2.75) is 56.8 Å². The Hall–Kier alpha value is -1.10. The van der Waals surface area contributed by atoms with Crippen molar-refractivity contribution in [3.63, 3.8) is 0 Å². The van der Waals surface area contributed by atoms with Crippen molar-refractivity contribution < 1.29 is 9.47 Å². The molecule has 2 unspecified atom stereocenters. The van der Waals surface area contributed by atoms with Crippen LogP contribution in [0.1, 0.15) is 37.7 Å². The van der Waals surface area contributed by atoms with Crippen LogP contribution in [0.4, 0.5) is 0 Å². The molecule has 4 nitrogen and oxygen atoms in total. The summed E-state index contributed by atoms with van der Waals surface area (Å²) in [5.41, 5.74) is 1.40. The molecule has 0 spiro atoms. The van der Waals surface area contributed by atoms with Gasteiger partial charge in [-0.1, -0.05) is 12.1 Å². The van der Waals surface area contributed by atoms with Gasteiger partial charge in [0.25, 0.3) is 0 Å². The maximum atomic E-state index is 5.86. The summed E-state index contributed by atoms with van der Waals surface area (Å²) in [5.74, 6) is 0.963. The predicted octanol–water partition coefficient (Wildman–Crippen LogP) is 2.57. The molecule has 4 heteroatoms. The lowest BCUT2D eigenvalue weighted by molar-refractivity contribution is 0.0679. The molecule has 1 saturated carbocycles. The molecule has 2 saturated heterocycles. The standard InChI is InChI=1S/C19H28N2O2/c1-2-19(22-11-1)14-23-18-7-3-15(4-8-18)13-21(16-5-6-16)17-9-10-20-12-17/h3-4,7-8,16-17,19-20H,1-2,5-6,9-14H2. The van der Waals surface area contributed by atoms with Gasteiger partial charge in [0.05, 0.1) is 6.10 Å². The Labute approximate surface area is 139 Å². The van der Waals surface area contributed by atoms with Crippen LogP contribution in [0.15, 0.2) is 24.3 Å². The molecular weight excluding hydrogens is 288 g/mol. The van der Waals surface area contributed by atoms with E-state index in [-0.39, 0.29) is 6.10 Å². The quantitative estimate of drug-likeness (QED) is 0.838. The van der Waals surface area contributed by atoms with Crippen LogP contribution in [-0.4, -0.2) is 49.4 Å². The largest absolute Gasteiger partial charge is 0.491 e. The van der Waals surface area contributed by atoms with E-state index in [0.717, 1.165) is 44.0 Å². The second kappa shape index (κ2) is 7.20. The van der Waals surface area contributed by atoms with Crippen molar-refractivity contribution in [2.24, 2.45) is 0 Å². The van der Waals surface area contributed by atoms with E-state index in [4.69, 9.17) is 9.47 Å². The molecule has 1 aliphatic carbocycles. The van der Waals surface area contributed by atoms with Gasteiger partial charge in [0, 0.05) is 31.8 Å². The van der Waals surface area contributed by atoms with Crippen LogP contribution in [0.25, 0.3) is 0 Å². The van der Waals surface area contributed by atoms with Gasteiger partial charge < -0.3 is 14.8 Å². The fourth-order valence-corrected chi connectivity index (χ4v) is 3.75. The molecular formula is C19H28N2O2. The zero-order chi connectivity index (χ0) is 15.5. The molecule has 126 valence electrons. The molecule has 1 aromatic carbocycles. The smallest absolute Gasteiger partial charge is 0.119 e. The minimum Gasteiger partial charge on any atom is -0.491 e. The lowest BCUT2D eigenvalue weighted by Crippen LogP contribution is -2.38. The van der Waals surface area contributed by atoms with Crippen LogP contribution in [0.3, 0.4) is 0 Å². The van der Waals surface area contributed by atoms with Crippen LogP contribution >= 0.6 is 0 Å². The summed E-state index contributed by atoms with van der Waals surface area (Å²) in [4.78, 5) is 2.71. The third-order valence-corrected chi connectivity index (χ3v) is 5.27. The molecule has 23 heavy (non-hydrogen) atoms. The van der Waals surface area contributed by atoms with E-state index in [1.807, 2.05) is 0 Å². The molecule has 1 N–H and O–H groups in total. The highest BCUT2D eigenvalue weighted by Gasteiger charge is 2.34. The topological polar surface area (TPSA) is 33.7 Å². The monoisotopic (exact) mass is 316 g/mol. The van der Waals surface area contributed by atoms with Crippen LogP contribution in [0.2, 0.25) is 0 Å². The normalized spacial score (nSPS) is 27.7. The first kappa shape index (κ1) is 15.4. The van der Waals surface area contributed by atoms with E-state index in [2.05, 4.69) is 34.5 Å². The third kappa shape index (κ3) is 4.06. The molecule has 0 amide bonds. The number of hydrogen-bond donors (Lipinski definition) is 1. The highest BCUT2D eigenvalue weighted by Crippen LogP contribution is 2.32. The fraction of sp³-hybridized carbons (Fsp3) is 0.684. The third-order valence-electron chi connectivity index (χ3n) is 5.27. The molecule has 2 heterocycles. The number of ether oxygens (including phenoxy) is 2. The van der Waals surface area contributed by atoms with Gasteiger partial charge in [0.2, 0.25) is 0 Å². The Bertz CT molecular complexity index is 489. The Kier molecular flexibility index (Phi) is 4.83. The summed E-state index contributed by atoms with van der Waals surface area (Å²) < 4.78 is 11.5. The van der Waals surface area contributed by atoms with Crippen LogP contribution in [0, 0.1) is 0 Å². The van der Waals surface area contributed by atoms with Crippen molar-refractivity contribution in [3.05, 3.63) is 29.8 Å². The Morgan fingerprint density at radius 1 is 1.09 bits per heavy atom. The van der Waals surface area contributed by atoms with Crippen molar-refractivity contribution in [3.8, 4) is 5.75 Å². The summed E-state index contributed by atoms with van der Waals surface area (Å²) >= 11 is 0. The maximum Gasteiger partial charge on any atom is 0.119 e. The molecule has 3 fully saturated rings. The second-order valence-electron chi connectivity index (χ2n) is 7.14. The summed E-state index contributed by atoms with van der Waals surface area (Å²) in [6.07, 6.45) is 6.62. The van der Waals surface area contributed by atoms with Crippen LogP contribution in [0.5, 0.6) is 5.75 Å².